The molecule has 4 heterocycles. The molecule has 0 atom stereocenters. The van der Waals surface area contributed by atoms with Gasteiger partial charge in [0.05, 0.1) is 18.8 Å². The van der Waals surface area contributed by atoms with E-state index in [0.717, 1.165) is 50.7 Å². The molecule has 3 aromatic rings. The zero-order valence-electron chi connectivity index (χ0n) is 24.9. The fraction of sp³-hybridized carbons (Fsp3) is 0.500. The molecule has 1 amide bonds. The van der Waals surface area contributed by atoms with E-state index in [2.05, 4.69) is 64.6 Å². The van der Waals surface area contributed by atoms with Crippen molar-refractivity contribution in [1.82, 2.24) is 19.8 Å². The van der Waals surface area contributed by atoms with E-state index in [0.29, 0.717) is 25.7 Å². The number of fused-ring (bicyclic) bond motifs is 2. The number of hydrogen-bond donors (Lipinski definition) is 0. The Hall–Kier alpha value is -3.65. The van der Waals surface area contributed by atoms with Crippen molar-refractivity contribution in [2.75, 3.05) is 68.8 Å². The maximum absolute atomic E-state index is 12.2. The molecule has 8 nitrogen and oxygen atoms in total. The van der Waals surface area contributed by atoms with E-state index in [1.54, 1.807) is 0 Å². The summed E-state index contributed by atoms with van der Waals surface area (Å²) in [6, 6.07) is 13.6. The number of piperazine rings is 1. The van der Waals surface area contributed by atoms with Gasteiger partial charge in [0.2, 0.25) is 5.91 Å². The third kappa shape index (κ3) is 5.33. The first-order valence-electron chi connectivity index (χ1n) is 15.7. The summed E-state index contributed by atoms with van der Waals surface area (Å²) in [5.41, 5.74) is 5.07. The molecule has 0 unspecified atom stereocenters. The molecule has 1 aliphatic carbocycles. The predicted octanol–water partition coefficient (Wildman–Crippen LogP) is 4.59. The summed E-state index contributed by atoms with van der Waals surface area (Å²) in [5.74, 6) is 0.982. The van der Waals surface area contributed by atoms with Crippen molar-refractivity contribution < 1.29 is 9.53 Å². The molecule has 3 aliphatic heterocycles. The van der Waals surface area contributed by atoms with Gasteiger partial charge in [0.25, 0.3) is 0 Å². The second-order valence-electron chi connectivity index (χ2n) is 12.7. The summed E-state index contributed by atoms with van der Waals surface area (Å²) in [7, 11) is 0. The monoisotopic (exact) mass is 566 g/mol. The molecule has 2 aromatic carbocycles. The first-order chi connectivity index (χ1) is 20.5. The van der Waals surface area contributed by atoms with Crippen LogP contribution in [0.1, 0.15) is 42.5 Å². The molecule has 1 saturated carbocycles. The second-order valence-corrected chi connectivity index (χ2v) is 12.7. The van der Waals surface area contributed by atoms with Gasteiger partial charge in [0, 0.05) is 61.3 Å². The van der Waals surface area contributed by atoms with E-state index in [9.17, 15) is 4.79 Å². The number of rotatable bonds is 8. The summed E-state index contributed by atoms with van der Waals surface area (Å²) in [5, 5.41) is 2.58. The van der Waals surface area contributed by atoms with Gasteiger partial charge in [-0.2, -0.15) is 9.97 Å². The van der Waals surface area contributed by atoms with Crippen LogP contribution in [-0.2, 0) is 17.8 Å². The van der Waals surface area contributed by atoms with Crippen LogP contribution in [-0.4, -0.2) is 84.6 Å². The predicted molar refractivity (Wildman–Crippen MR) is 167 cm³/mol. The van der Waals surface area contributed by atoms with Crippen molar-refractivity contribution in [3.05, 3.63) is 65.9 Å². The van der Waals surface area contributed by atoms with E-state index in [1.807, 2.05) is 4.90 Å². The molecule has 0 spiro atoms. The van der Waals surface area contributed by atoms with E-state index in [4.69, 9.17) is 14.7 Å². The largest absolute Gasteiger partial charge is 0.463 e. The smallest absolute Gasteiger partial charge is 0.318 e. The zero-order chi connectivity index (χ0) is 28.7. The van der Waals surface area contributed by atoms with Gasteiger partial charge in [0.15, 0.2) is 0 Å². The van der Waals surface area contributed by atoms with Gasteiger partial charge in [-0.25, -0.2) is 0 Å². The molecular weight excluding hydrogens is 524 g/mol. The molecule has 7 rings (SSSR count). The number of aryl methyl sites for hydroxylation is 1. The minimum Gasteiger partial charge on any atom is -0.463 e. The average molecular weight is 567 g/mol. The minimum absolute atomic E-state index is 0.00264. The number of hydrogen-bond acceptors (Lipinski definition) is 7. The van der Waals surface area contributed by atoms with Crippen molar-refractivity contribution in [2.45, 2.75) is 45.6 Å². The van der Waals surface area contributed by atoms with Gasteiger partial charge in [-0.05, 0) is 75.2 Å². The lowest BCUT2D eigenvalue weighted by Gasteiger charge is -2.38. The number of ether oxygens (including phenoxy) is 1. The fourth-order valence-electron chi connectivity index (χ4n) is 7.11. The van der Waals surface area contributed by atoms with Crippen molar-refractivity contribution >= 4 is 28.2 Å². The Balaban J connectivity index is 1.17. The van der Waals surface area contributed by atoms with Crippen LogP contribution in [0, 0.1) is 12.3 Å². The van der Waals surface area contributed by atoms with Gasteiger partial charge in [-0.3, -0.25) is 4.79 Å². The highest BCUT2D eigenvalue weighted by Crippen LogP contribution is 2.47. The summed E-state index contributed by atoms with van der Waals surface area (Å²) in [4.78, 5) is 31.6. The molecule has 0 N–H and O–H groups in total. The van der Waals surface area contributed by atoms with E-state index >= 15 is 0 Å². The van der Waals surface area contributed by atoms with Crippen molar-refractivity contribution in [2.24, 2.45) is 5.41 Å². The number of benzene rings is 2. The molecule has 0 radical (unpaired) electrons. The third-order valence-electron chi connectivity index (χ3n) is 9.74. The number of likely N-dealkylation sites (tertiary alicyclic amines) is 1. The Bertz CT molecular complexity index is 1480. The van der Waals surface area contributed by atoms with Crippen LogP contribution in [0.2, 0.25) is 0 Å². The molecule has 4 aliphatic rings. The number of amides is 1. The SMILES string of the molecule is C=CC(=O)N1CCN(c2nc(OCC3(CN4CCCC4)CC3)nc3c2CCN(c2cccc4cccc(C)c24)C3)CC1. The van der Waals surface area contributed by atoms with Crippen LogP contribution >= 0.6 is 0 Å². The third-order valence-corrected chi connectivity index (χ3v) is 9.74. The quantitative estimate of drug-likeness (QED) is 0.370. The van der Waals surface area contributed by atoms with Gasteiger partial charge in [-0.15, -0.1) is 0 Å². The highest BCUT2D eigenvalue weighted by Gasteiger charge is 2.45. The number of carbonyl (C=O) groups is 1. The van der Waals surface area contributed by atoms with Crippen LogP contribution in [0.4, 0.5) is 11.5 Å². The summed E-state index contributed by atoms with van der Waals surface area (Å²) in [6.07, 6.45) is 7.34. The molecule has 0 bridgehead atoms. The maximum atomic E-state index is 12.2. The lowest BCUT2D eigenvalue weighted by Crippen LogP contribution is -2.49. The Labute approximate surface area is 249 Å². The van der Waals surface area contributed by atoms with Crippen LogP contribution in [0.25, 0.3) is 10.8 Å². The molecule has 1 aromatic heterocycles. The molecule has 8 heteroatoms. The van der Waals surface area contributed by atoms with Crippen LogP contribution in [0.15, 0.2) is 49.1 Å². The maximum Gasteiger partial charge on any atom is 0.318 e. The Kier molecular flexibility index (Phi) is 7.26. The zero-order valence-corrected chi connectivity index (χ0v) is 24.9. The van der Waals surface area contributed by atoms with Crippen molar-refractivity contribution in [3.63, 3.8) is 0 Å². The molecule has 42 heavy (non-hydrogen) atoms. The number of carbonyl (C=O) groups excluding carboxylic acids is 1. The summed E-state index contributed by atoms with van der Waals surface area (Å²) in [6.45, 7) is 14.5. The normalized spacial score (nSPS) is 20.1. The number of nitrogens with zero attached hydrogens (tertiary/aromatic N) is 6. The summed E-state index contributed by atoms with van der Waals surface area (Å²) >= 11 is 0. The number of aromatic nitrogens is 2. The molecule has 3 fully saturated rings. The van der Waals surface area contributed by atoms with E-state index in [1.165, 1.54) is 72.4 Å². The van der Waals surface area contributed by atoms with Gasteiger partial charge in [0.1, 0.15) is 5.82 Å². The van der Waals surface area contributed by atoms with Gasteiger partial charge >= 0.3 is 6.01 Å². The number of anilines is 2. The standard InChI is InChI=1S/C34H42N6O2/c1-3-30(41)38-18-20-39(21-19-38)32-27-12-17-40(29-11-7-10-26-9-6-8-25(2)31(26)29)22-28(27)35-33(36-32)42-24-34(13-14-34)23-37-15-4-5-16-37/h3,6-11H,1,4-5,12-24H2,2H3. The van der Waals surface area contributed by atoms with Crippen LogP contribution in [0.3, 0.4) is 0 Å². The van der Waals surface area contributed by atoms with Crippen LogP contribution < -0.4 is 14.5 Å². The Morgan fingerprint density at radius 3 is 2.48 bits per heavy atom. The van der Waals surface area contributed by atoms with Crippen LogP contribution in [0.5, 0.6) is 6.01 Å². The summed E-state index contributed by atoms with van der Waals surface area (Å²) < 4.78 is 6.48. The minimum atomic E-state index is -0.00264. The van der Waals surface area contributed by atoms with Gasteiger partial charge < -0.3 is 24.3 Å². The topological polar surface area (TPSA) is 65.0 Å². The second kappa shape index (κ2) is 11.2. The fourth-order valence-corrected chi connectivity index (χ4v) is 7.11. The van der Waals surface area contributed by atoms with E-state index in [-0.39, 0.29) is 11.3 Å². The first kappa shape index (κ1) is 27.2. The molecule has 2 saturated heterocycles. The lowest BCUT2D eigenvalue weighted by molar-refractivity contribution is -0.126. The average Bonchev–Trinajstić information content (AvgIpc) is 3.60. The van der Waals surface area contributed by atoms with Gasteiger partial charge in [-0.1, -0.05) is 36.9 Å². The van der Waals surface area contributed by atoms with Crippen molar-refractivity contribution in [3.8, 4) is 6.01 Å². The first-order valence-corrected chi connectivity index (χ1v) is 15.7. The highest BCUT2D eigenvalue weighted by molar-refractivity contribution is 5.97. The highest BCUT2D eigenvalue weighted by atomic mass is 16.5. The molecule has 220 valence electrons. The molecular formula is C34H42N6O2. The Morgan fingerprint density at radius 2 is 1.74 bits per heavy atom. The van der Waals surface area contributed by atoms with E-state index < -0.39 is 0 Å². The Morgan fingerprint density at radius 1 is 0.976 bits per heavy atom. The lowest BCUT2D eigenvalue weighted by atomic mass is 9.99. The van der Waals surface area contributed by atoms with Crippen molar-refractivity contribution in [1.29, 1.82) is 0 Å².